The summed E-state index contributed by atoms with van der Waals surface area (Å²) >= 11 is 0. The summed E-state index contributed by atoms with van der Waals surface area (Å²) in [5, 5.41) is 0. The molecule has 0 aromatic carbocycles. The zero-order chi connectivity index (χ0) is 11.4. The molecule has 1 unspecified atom stereocenters. The molecule has 1 aliphatic heterocycles. The first kappa shape index (κ1) is 12.0. The third-order valence-electron chi connectivity index (χ3n) is 2.72. The SMILES string of the molecule is CCN1C(=O)C(=O)N(CCCN)CC1C. The number of carbonyl (C=O) groups excluding carboxylic acids is 2. The Bertz CT molecular complexity index is 255. The second-order valence-electron chi connectivity index (χ2n) is 3.83. The normalized spacial score (nSPS) is 22.5. The van der Waals surface area contributed by atoms with Crippen molar-refractivity contribution in [2.45, 2.75) is 26.3 Å². The number of hydrogen-bond acceptors (Lipinski definition) is 3. The van der Waals surface area contributed by atoms with Gasteiger partial charge >= 0.3 is 11.8 Å². The smallest absolute Gasteiger partial charge is 0.312 e. The number of nitrogens with zero attached hydrogens (tertiary/aromatic N) is 2. The van der Waals surface area contributed by atoms with Gasteiger partial charge in [0.1, 0.15) is 0 Å². The van der Waals surface area contributed by atoms with Crippen molar-refractivity contribution in [3.63, 3.8) is 0 Å². The molecule has 1 saturated heterocycles. The van der Waals surface area contributed by atoms with Gasteiger partial charge in [-0.05, 0) is 26.8 Å². The highest BCUT2D eigenvalue weighted by atomic mass is 16.2. The first-order valence-electron chi connectivity index (χ1n) is 5.41. The largest absolute Gasteiger partial charge is 0.332 e. The predicted molar refractivity (Wildman–Crippen MR) is 57.1 cm³/mol. The van der Waals surface area contributed by atoms with E-state index in [4.69, 9.17) is 5.73 Å². The van der Waals surface area contributed by atoms with Crippen molar-refractivity contribution in [3.05, 3.63) is 0 Å². The Morgan fingerprint density at radius 2 is 2.07 bits per heavy atom. The van der Waals surface area contributed by atoms with E-state index in [-0.39, 0.29) is 17.9 Å². The standard InChI is InChI=1S/C10H19N3O2/c1-3-13-8(2)7-12(6-4-5-11)9(14)10(13)15/h8H,3-7,11H2,1-2H3. The van der Waals surface area contributed by atoms with Gasteiger partial charge in [-0.25, -0.2) is 0 Å². The van der Waals surface area contributed by atoms with E-state index < -0.39 is 0 Å². The fraction of sp³-hybridized carbons (Fsp3) is 0.800. The van der Waals surface area contributed by atoms with Crippen molar-refractivity contribution in [3.8, 4) is 0 Å². The Morgan fingerprint density at radius 3 is 2.60 bits per heavy atom. The minimum Gasteiger partial charge on any atom is -0.332 e. The number of amides is 2. The van der Waals surface area contributed by atoms with E-state index in [1.807, 2.05) is 13.8 Å². The molecule has 2 amide bonds. The third-order valence-corrected chi connectivity index (χ3v) is 2.72. The number of rotatable bonds is 4. The lowest BCUT2D eigenvalue weighted by Crippen LogP contribution is -2.58. The van der Waals surface area contributed by atoms with E-state index in [1.165, 1.54) is 0 Å². The average Bonchev–Trinajstić information content (AvgIpc) is 2.22. The van der Waals surface area contributed by atoms with Crippen molar-refractivity contribution < 1.29 is 9.59 Å². The zero-order valence-corrected chi connectivity index (χ0v) is 9.40. The maximum absolute atomic E-state index is 11.6. The lowest BCUT2D eigenvalue weighted by molar-refractivity contribution is -0.158. The molecule has 0 saturated carbocycles. The maximum Gasteiger partial charge on any atom is 0.312 e. The second-order valence-corrected chi connectivity index (χ2v) is 3.83. The lowest BCUT2D eigenvalue weighted by Gasteiger charge is -2.38. The molecule has 0 spiro atoms. The van der Waals surface area contributed by atoms with Crippen LogP contribution < -0.4 is 5.73 Å². The summed E-state index contributed by atoms with van der Waals surface area (Å²) in [7, 11) is 0. The fourth-order valence-corrected chi connectivity index (χ4v) is 1.89. The molecule has 0 aromatic heterocycles. The molecule has 5 nitrogen and oxygen atoms in total. The summed E-state index contributed by atoms with van der Waals surface area (Å²) in [6.45, 7) is 6.20. The van der Waals surface area contributed by atoms with Crippen molar-refractivity contribution in [2.24, 2.45) is 5.73 Å². The van der Waals surface area contributed by atoms with Crippen molar-refractivity contribution in [1.29, 1.82) is 0 Å². The molecule has 1 atom stereocenters. The van der Waals surface area contributed by atoms with Crippen molar-refractivity contribution in [1.82, 2.24) is 9.80 Å². The van der Waals surface area contributed by atoms with Crippen LogP contribution in [0.2, 0.25) is 0 Å². The molecule has 0 aliphatic carbocycles. The van der Waals surface area contributed by atoms with Crippen LogP contribution in [0.1, 0.15) is 20.3 Å². The zero-order valence-electron chi connectivity index (χ0n) is 9.40. The van der Waals surface area contributed by atoms with Gasteiger partial charge in [0.2, 0.25) is 0 Å². The Labute approximate surface area is 90.2 Å². The van der Waals surface area contributed by atoms with E-state index in [0.717, 1.165) is 6.42 Å². The van der Waals surface area contributed by atoms with E-state index in [0.29, 0.717) is 26.2 Å². The summed E-state index contributed by atoms with van der Waals surface area (Å²) in [6, 6.07) is 0.109. The highest BCUT2D eigenvalue weighted by molar-refractivity contribution is 6.35. The van der Waals surface area contributed by atoms with Crippen LogP contribution in [0.4, 0.5) is 0 Å². The van der Waals surface area contributed by atoms with E-state index in [9.17, 15) is 9.59 Å². The molecule has 2 N–H and O–H groups in total. The number of nitrogens with two attached hydrogens (primary N) is 1. The van der Waals surface area contributed by atoms with Gasteiger partial charge in [0.05, 0.1) is 0 Å². The molecule has 1 rings (SSSR count). The Hall–Kier alpha value is -1.10. The number of likely N-dealkylation sites (N-methyl/N-ethyl adjacent to an activating group) is 1. The van der Waals surface area contributed by atoms with E-state index in [1.54, 1.807) is 9.80 Å². The van der Waals surface area contributed by atoms with Crippen LogP contribution in [0.5, 0.6) is 0 Å². The topological polar surface area (TPSA) is 66.6 Å². The van der Waals surface area contributed by atoms with Gasteiger partial charge in [-0.2, -0.15) is 0 Å². The van der Waals surface area contributed by atoms with Crippen molar-refractivity contribution in [2.75, 3.05) is 26.2 Å². The minimum atomic E-state index is -0.386. The number of piperazine rings is 1. The summed E-state index contributed by atoms with van der Waals surface area (Å²) in [4.78, 5) is 26.5. The Kier molecular flexibility index (Phi) is 4.08. The number of hydrogen-bond donors (Lipinski definition) is 1. The summed E-state index contributed by atoms with van der Waals surface area (Å²) in [5.74, 6) is -0.767. The van der Waals surface area contributed by atoms with Gasteiger partial charge in [-0.1, -0.05) is 0 Å². The molecule has 1 heterocycles. The van der Waals surface area contributed by atoms with Gasteiger partial charge in [0.25, 0.3) is 0 Å². The fourth-order valence-electron chi connectivity index (χ4n) is 1.89. The molecule has 15 heavy (non-hydrogen) atoms. The molecule has 1 fully saturated rings. The van der Waals surface area contributed by atoms with Gasteiger partial charge < -0.3 is 15.5 Å². The first-order valence-corrected chi connectivity index (χ1v) is 5.41. The quantitative estimate of drug-likeness (QED) is 0.635. The summed E-state index contributed by atoms with van der Waals surface area (Å²) < 4.78 is 0. The van der Waals surface area contributed by atoms with Crippen LogP contribution in [0.3, 0.4) is 0 Å². The van der Waals surface area contributed by atoms with E-state index >= 15 is 0 Å². The van der Waals surface area contributed by atoms with Crippen LogP contribution in [0.25, 0.3) is 0 Å². The van der Waals surface area contributed by atoms with Crippen LogP contribution in [0.15, 0.2) is 0 Å². The Morgan fingerprint density at radius 1 is 1.40 bits per heavy atom. The predicted octanol–water partition coefficient (Wildman–Crippen LogP) is -0.586. The second kappa shape index (κ2) is 5.11. The monoisotopic (exact) mass is 213 g/mol. The van der Waals surface area contributed by atoms with E-state index in [2.05, 4.69) is 0 Å². The minimum absolute atomic E-state index is 0.109. The maximum atomic E-state index is 11.6. The van der Waals surface area contributed by atoms with Gasteiger partial charge in [-0.15, -0.1) is 0 Å². The molecular formula is C10H19N3O2. The lowest BCUT2D eigenvalue weighted by atomic mass is 10.1. The molecule has 0 radical (unpaired) electrons. The number of carbonyl (C=O) groups is 2. The van der Waals surface area contributed by atoms with Gasteiger partial charge in [0.15, 0.2) is 0 Å². The highest BCUT2D eigenvalue weighted by Crippen LogP contribution is 2.11. The molecule has 5 heteroatoms. The van der Waals surface area contributed by atoms with Crippen molar-refractivity contribution >= 4 is 11.8 Å². The van der Waals surface area contributed by atoms with Crippen LogP contribution >= 0.6 is 0 Å². The van der Waals surface area contributed by atoms with Gasteiger partial charge in [0, 0.05) is 25.7 Å². The highest BCUT2D eigenvalue weighted by Gasteiger charge is 2.35. The molecule has 86 valence electrons. The Balaban J connectivity index is 2.65. The summed E-state index contributed by atoms with van der Waals surface area (Å²) in [6.07, 6.45) is 0.748. The molecule has 1 aliphatic rings. The molecule has 0 aromatic rings. The molecular weight excluding hydrogens is 194 g/mol. The van der Waals surface area contributed by atoms with Crippen LogP contribution in [-0.2, 0) is 9.59 Å². The molecule has 0 bridgehead atoms. The van der Waals surface area contributed by atoms with Crippen LogP contribution in [-0.4, -0.2) is 53.8 Å². The van der Waals surface area contributed by atoms with Gasteiger partial charge in [-0.3, -0.25) is 9.59 Å². The first-order chi connectivity index (χ1) is 7.11. The van der Waals surface area contributed by atoms with Crippen LogP contribution in [0, 0.1) is 0 Å². The average molecular weight is 213 g/mol. The summed E-state index contributed by atoms with van der Waals surface area (Å²) in [5.41, 5.74) is 5.38. The third kappa shape index (κ3) is 2.47.